The fourth-order valence-corrected chi connectivity index (χ4v) is 2.48. The lowest BCUT2D eigenvalue weighted by Crippen LogP contribution is -2.12. The summed E-state index contributed by atoms with van der Waals surface area (Å²) in [7, 11) is 3.48. The molecule has 0 aliphatic heterocycles. The van der Waals surface area contributed by atoms with Crippen LogP contribution in [0.25, 0.3) is 0 Å². The van der Waals surface area contributed by atoms with Crippen molar-refractivity contribution in [2.45, 2.75) is 12.8 Å². The third-order valence-corrected chi connectivity index (χ3v) is 3.86. The number of hydrogen-bond donors (Lipinski definition) is 0. The predicted octanol–water partition coefficient (Wildman–Crippen LogP) is 2.01. The summed E-state index contributed by atoms with van der Waals surface area (Å²) in [4.78, 5) is 1.49. The van der Waals surface area contributed by atoms with Crippen LogP contribution in [0.3, 0.4) is 0 Å². The van der Waals surface area contributed by atoms with Gasteiger partial charge < -0.3 is 4.74 Å². The molecule has 2 rings (SSSR count). The van der Waals surface area contributed by atoms with Gasteiger partial charge in [0.1, 0.15) is 5.75 Å². The smallest absolute Gasteiger partial charge is 0.175 e. The summed E-state index contributed by atoms with van der Waals surface area (Å²) >= 11 is 3.56. The van der Waals surface area contributed by atoms with E-state index in [4.69, 9.17) is 4.74 Å². The number of aryl methyl sites for hydroxylation is 1. The Morgan fingerprint density at radius 3 is 2.74 bits per heavy atom. The molecular formula is C13H17BrN4O. The highest BCUT2D eigenvalue weighted by atomic mass is 79.9. The first-order chi connectivity index (χ1) is 9.22. The quantitative estimate of drug-likeness (QED) is 0.763. The number of hydrogen-bond acceptors (Lipinski definition) is 4. The standard InChI is InChI=1S/C13H17BrN4O/c1-18-16-13(15-17-18)8-10(9-14)7-11-5-3-4-6-12(11)19-2/h3-6,10H,7-9H2,1-2H3. The maximum absolute atomic E-state index is 5.38. The van der Waals surface area contributed by atoms with Gasteiger partial charge in [-0.2, -0.15) is 4.80 Å². The third-order valence-electron chi connectivity index (χ3n) is 2.94. The minimum atomic E-state index is 0.417. The molecule has 102 valence electrons. The summed E-state index contributed by atoms with van der Waals surface area (Å²) in [5.41, 5.74) is 1.21. The maximum Gasteiger partial charge on any atom is 0.175 e. The fourth-order valence-electron chi connectivity index (χ4n) is 2.03. The molecule has 1 aromatic heterocycles. The van der Waals surface area contributed by atoms with E-state index in [0.717, 1.165) is 29.7 Å². The molecule has 1 heterocycles. The molecule has 6 heteroatoms. The van der Waals surface area contributed by atoms with Crippen molar-refractivity contribution in [3.63, 3.8) is 0 Å². The first-order valence-corrected chi connectivity index (χ1v) is 7.25. The van der Waals surface area contributed by atoms with Crippen molar-refractivity contribution >= 4 is 15.9 Å². The third kappa shape index (κ3) is 3.76. The molecule has 0 saturated carbocycles. The number of ether oxygens (including phenoxy) is 1. The number of nitrogens with zero attached hydrogens (tertiary/aromatic N) is 4. The van der Waals surface area contributed by atoms with Gasteiger partial charge in [0, 0.05) is 11.8 Å². The van der Waals surface area contributed by atoms with Crippen LogP contribution in [0, 0.1) is 5.92 Å². The molecule has 0 fully saturated rings. The number of rotatable bonds is 6. The zero-order valence-electron chi connectivity index (χ0n) is 11.1. The maximum atomic E-state index is 5.38. The number of methoxy groups -OCH3 is 1. The zero-order chi connectivity index (χ0) is 13.7. The summed E-state index contributed by atoms with van der Waals surface area (Å²) in [6.07, 6.45) is 1.73. The van der Waals surface area contributed by atoms with Gasteiger partial charge in [0.05, 0.1) is 14.2 Å². The van der Waals surface area contributed by atoms with Gasteiger partial charge in [-0.1, -0.05) is 34.1 Å². The number of benzene rings is 1. The van der Waals surface area contributed by atoms with Crippen LogP contribution in [-0.2, 0) is 19.9 Å². The molecule has 1 atom stereocenters. The molecule has 5 nitrogen and oxygen atoms in total. The molecular weight excluding hydrogens is 308 g/mol. The molecule has 0 saturated heterocycles. The Labute approximate surface area is 121 Å². The molecule has 19 heavy (non-hydrogen) atoms. The van der Waals surface area contributed by atoms with E-state index in [0.29, 0.717) is 5.92 Å². The normalized spacial score (nSPS) is 12.4. The first kappa shape index (κ1) is 14.0. The molecule has 0 radical (unpaired) electrons. The molecule has 0 bridgehead atoms. The number of alkyl halides is 1. The van der Waals surface area contributed by atoms with Crippen molar-refractivity contribution in [1.82, 2.24) is 20.2 Å². The second-order valence-electron chi connectivity index (χ2n) is 4.44. The Morgan fingerprint density at radius 1 is 1.32 bits per heavy atom. The lowest BCUT2D eigenvalue weighted by molar-refractivity contribution is 0.405. The Bertz CT molecular complexity index is 529. The van der Waals surface area contributed by atoms with Crippen LogP contribution in [0.15, 0.2) is 24.3 Å². The van der Waals surface area contributed by atoms with E-state index in [1.54, 1.807) is 14.2 Å². The SMILES string of the molecule is COc1ccccc1CC(CBr)Cc1nnn(C)n1. The van der Waals surface area contributed by atoms with E-state index in [1.165, 1.54) is 10.4 Å². The van der Waals surface area contributed by atoms with Crippen molar-refractivity contribution < 1.29 is 4.74 Å². The van der Waals surface area contributed by atoms with Gasteiger partial charge in [0.2, 0.25) is 0 Å². The van der Waals surface area contributed by atoms with Crippen LogP contribution in [0.5, 0.6) is 5.75 Å². The van der Waals surface area contributed by atoms with Crippen molar-refractivity contribution in [3.05, 3.63) is 35.7 Å². The van der Waals surface area contributed by atoms with Gasteiger partial charge in [-0.25, -0.2) is 0 Å². The molecule has 0 aliphatic rings. The van der Waals surface area contributed by atoms with Crippen molar-refractivity contribution in [2.75, 3.05) is 12.4 Å². The van der Waals surface area contributed by atoms with Crippen LogP contribution >= 0.6 is 15.9 Å². The Morgan fingerprint density at radius 2 is 2.11 bits per heavy atom. The lowest BCUT2D eigenvalue weighted by atomic mass is 9.97. The molecule has 0 amide bonds. The van der Waals surface area contributed by atoms with E-state index < -0.39 is 0 Å². The Hall–Kier alpha value is -1.43. The average Bonchev–Trinajstić information content (AvgIpc) is 2.84. The van der Waals surface area contributed by atoms with Crippen molar-refractivity contribution in [3.8, 4) is 5.75 Å². The Kier molecular flexibility index (Phi) is 4.90. The number of aromatic nitrogens is 4. The van der Waals surface area contributed by atoms with Gasteiger partial charge in [-0.3, -0.25) is 0 Å². The van der Waals surface area contributed by atoms with Crippen LogP contribution in [0.4, 0.5) is 0 Å². The van der Waals surface area contributed by atoms with E-state index in [9.17, 15) is 0 Å². The highest BCUT2D eigenvalue weighted by Gasteiger charge is 2.14. The largest absolute Gasteiger partial charge is 0.496 e. The van der Waals surface area contributed by atoms with Crippen molar-refractivity contribution in [1.29, 1.82) is 0 Å². The van der Waals surface area contributed by atoms with Crippen LogP contribution in [0.1, 0.15) is 11.4 Å². The number of tetrazole rings is 1. The van der Waals surface area contributed by atoms with E-state index in [2.05, 4.69) is 37.4 Å². The van der Waals surface area contributed by atoms with Gasteiger partial charge in [0.15, 0.2) is 5.82 Å². The van der Waals surface area contributed by atoms with Gasteiger partial charge in [-0.15, -0.1) is 10.2 Å². The van der Waals surface area contributed by atoms with Gasteiger partial charge in [0.25, 0.3) is 0 Å². The molecule has 1 aromatic carbocycles. The lowest BCUT2D eigenvalue weighted by Gasteiger charge is -2.14. The first-order valence-electron chi connectivity index (χ1n) is 6.13. The summed E-state index contributed by atoms with van der Waals surface area (Å²) in [6.45, 7) is 0. The number of para-hydroxylation sites is 1. The summed E-state index contributed by atoms with van der Waals surface area (Å²) in [5, 5.41) is 13.0. The monoisotopic (exact) mass is 324 g/mol. The molecule has 2 aromatic rings. The van der Waals surface area contributed by atoms with Gasteiger partial charge in [-0.05, 0) is 29.2 Å². The Balaban J connectivity index is 2.06. The molecule has 0 N–H and O–H groups in total. The molecule has 0 aliphatic carbocycles. The predicted molar refractivity (Wildman–Crippen MR) is 76.5 cm³/mol. The highest BCUT2D eigenvalue weighted by Crippen LogP contribution is 2.23. The topological polar surface area (TPSA) is 52.8 Å². The van der Waals surface area contributed by atoms with E-state index in [-0.39, 0.29) is 0 Å². The minimum absolute atomic E-state index is 0.417. The van der Waals surface area contributed by atoms with Crippen molar-refractivity contribution in [2.24, 2.45) is 13.0 Å². The second kappa shape index (κ2) is 6.65. The number of halogens is 1. The average molecular weight is 325 g/mol. The van der Waals surface area contributed by atoms with E-state index in [1.807, 2.05) is 18.2 Å². The molecule has 1 unspecified atom stereocenters. The van der Waals surface area contributed by atoms with Crippen LogP contribution in [-0.4, -0.2) is 32.6 Å². The minimum Gasteiger partial charge on any atom is -0.496 e. The summed E-state index contributed by atoms with van der Waals surface area (Å²) in [5.74, 6) is 2.13. The van der Waals surface area contributed by atoms with E-state index >= 15 is 0 Å². The molecule has 0 spiro atoms. The summed E-state index contributed by atoms with van der Waals surface area (Å²) in [6, 6.07) is 8.10. The summed E-state index contributed by atoms with van der Waals surface area (Å²) < 4.78 is 5.38. The second-order valence-corrected chi connectivity index (χ2v) is 5.08. The highest BCUT2D eigenvalue weighted by molar-refractivity contribution is 9.09. The van der Waals surface area contributed by atoms with Gasteiger partial charge >= 0.3 is 0 Å². The fraction of sp³-hybridized carbons (Fsp3) is 0.462. The van der Waals surface area contributed by atoms with Crippen LogP contribution in [0.2, 0.25) is 0 Å². The van der Waals surface area contributed by atoms with Crippen LogP contribution < -0.4 is 4.74 Å². The zero-order valence-corrected chi connectivity index (χ0v) is 12.7.